The van der Waals surface area contributed by atoms with Crippen molar-refractivity contribution in [2.24, 2.45) is 0 Å². The number of carbonyl (C=O) groups is 1. The van der Waals surface area contributed by atoms with Gasteiger partial charge in [0.1, 0.15) is 10.7 Å². The van der Waals surface area contributed by atoms with E-state index < -0.39 is 0 Å². The van der Waals surface area contributed by atoms with E-state index in [9.17, 15) is 4.79 Å². The Morgan fingerprint density at radius 1 is 1.50 bits per heavy atom. The Balaban J connectivity index is 2.05. The zero-order valence-electron chi connectivity index (χ0n) is 12.0. The van der Waals surface area contributed by atoms with Crippen LogP contribution in [-0.4, -0.2) is 18.0 Å². The first-order valence-corrected chi connectivity index (χ1v) is 8.02. The molecule has 4 nitrogen and oxygen atoms in total. The van der Waals surface area contributed by atoms with Gasteiger partial charge in [-0.3, -0.25) is 4.79 Å². The molecule has 1 atom stereocenters. The summed E-state index contributed by atoms with van der Waals surface area (Å²) in [6, 6.07) is 2.11. The Labute approximate surface area is 126 Å². The molecule has 0 aliphatic carbocycles. The Bertz CT molecular complexity index is 604. The average Bonchev–Trinajstić information content (AvgIpc) is 2.96. The van der Waals surface area contributed by atoms with E-state index in [4.69, 9.17) is 4.74 Å². The monoisotopic (exact) mass is 310 g/mol. The van der Waals surface area contributed by atoms with Crippen molar-refractivity contribution in [3.8, 4) is 0 Å². The smallest absolute Gasteiger partial charge is 0.271 e. The van der Waals surface area contributed by atoms with Crippen molar-refractivity contribution in [2.75, 3.05) is 7.11 Å². The van der Waals surface area contributed by atoms with Gasteiger partial charge in [0.15, 0.2) is 0 Å². The van der Waals surface area contributed by atoms with Crippen LogP contribution in [-0.2, 0) is 11.3 Å². The van der Waals surface area contributed by atoms with Crippen LogP contribution in [0.4, 0.5) is 0 Å². The molecule has 0 saturated heterocycles. The predicted octanol–water partition coefficient (Wildman–Crippen LogP) is 3.46. The molecule has 108 valence electrons. The number of aryl methyl sites for hydroxylation is 2. The van der Waals surface area contributed by atoms with Gasteiger partial charge in [0.05, 0.1) is 12.6 Å². The summed E-state index contributed by atoms with van der Waals surface area (Å²) in [7, 11) is 1.62. The van der Waals surface area contributed by atoms with Crippen LogP contribution >= 0.6 is 22.7 Å². The molecule has 2 aromatic heterocycles. The molecule has 0 fully saturated rings. The van der Waals surface area contributed by atoms with Crippen molar-refractivity contribution in [1.29, 1.82) is 0 Å². The molecular formula is C14H18N2O2S2. The number of rotatable bonds is 5. The number of nitrogens with zero attached hydrogens (tertiary/aromatic N) is 1. The maximum atomic E-state index is 12.2. The summed E-state index contributed by atoms with van der Waals surface area (Å²) in [6.45, 7) is 6.59. The van der Waals surface area contributed by atoms with Gasteiger partial charge in [0.2, 0.25) is 0 Å². The van der Waals surface area contributed by atoms with Crippen molar-refractivity contribution in [2.45, 2.75) is 33.4 Å². The molecule has 0 spiro atoms. The summed E-state index contributed by atoms with van der Waals surface area (Å²) in [5, 5.41) is 5.57. The Kier molecular flexibility index (Phi) is 4.91. The molecule has 2 heterocycles. The number of hydrogen-bond acceptors (Lipinski definition) is 5. The van der Waals surface area contributed by atoms with E-state index in [0.29, 0.717) is 12.3 Å². The lowest BCUT2D eigenvalue weighted by Crippen LogP contribution is -2.27. The molecule has 1 N–H and O–H groups in total. The van der Waals surface area contributed by atoms with Crippen LogP contribution in [0.2, 0.25) is 0 Å². The fourth-order valence-electron chi connectivity index (χ4n) is 2.03. The van der Waals surface area contributed by atoms with Gasteiger partial charge in [-0.15, -0.1) is 22.7 Å². The fourth-order valence-corrected chi connectivity index (χ4v) is 3.80. The molecule has 20 heavy (non-hydrogen) atoms. The highest BCUT2D eigenvalue weighted by Gasteiger charge is 2.17. The molecule has 6 heteroatoms. The van der Waals surface area contributed by atoms with Gasteiger partial charge in [-0.05, 0) is 32.4 Å². The first-order valence-electron chi connectivity index (χ1n) is 6.32. The molecular weight excluding hydrogens is 292 g/mol. The topological polar surface area (TPSA) is 51.2 Å². The van der Waals surface area contributed by atoms with Gasteiger partial charge >= 0.3 is 0 Å². The summed E-state index contributed by atoms with van der Waals surface area (Å²) in [5.41, 5.74) is 1.63. The normalized spacial score (nSPS) is 12.4. The lowest BCUT2D eigenvalue weighted by Gasteiger charge is -2.12. The molecule has 0 saturated carbocycles. The largest absolute Gasteiger partial charge is 0.378 e. The zero-order chi connectivity index (χ0) is 14.7. The maximum absolute atomic E-state index is 12.2. The van der Waals surface area contributed by atoms with Crippen LogP contribution in [0.25, 0.3) is 0 Å². The van der Waals surface area contributed by atoms with Gasteiger partial charge in [-0.25, -0.2) is 4.98 Å². The van der Waals surface area contributed by atoms with Gasteiger partial charge in [0.25, 0.3) is 5.91 Å². The number of nitrogens with one attached hydrogen (secondary N) is 1. The molecule has 0 aromatic carbocycles. The predicted molar refractivity (Wildman–Crippen MR) is 82.5 cm³/mol. The number of carbonyl (C=O) groups excluding carboxylic acids is 1. The number of methoxy groups -OCH3 is 1. The molecule has 1 unspecified atom stereocenters. The van der Waals surface area contributed by atoms with Crippen LogP contribution in [0.15, 0.2) is 11.4 Å². The van der Waals surface area contributed by atoms with E-state index in [1.807, 2.05) is 6.92 Å². The summed E-state index contributed by atoms with van der Waals surface area (Å²) < 4.78 is 5.01. The van der Waals surface area contributed by atoms with Crippen LogP contribution in [0.1, 0.15) is 43.8 Å². The minimum atomic E-state index is -0.139. The van der Waals surface area contributed by atoms with Crippen molar-refractivity contribution >= 4 is 28.6 Å². The van der Waals surface area contributed by atoms with Crippen LogP contribution < -0.4 is 5.32 Å². The summed E-state index contributed by atoms with van der Waals surface area (Å²) >= 11 is 3.19. The second kappa shape index (κ2) is 6.47. The highest BCUT2D eigenvalue weighted by Crippen LogP contribution is 2.26. The van der Waals surface area contributed by atoms with E-state index in [1.165, 1.54) is 26.7 Å². The Morgan fingerprint density at radius 3 is 2.85 bits per heavy atom. The second-order valence-electron chi connectivity index (χ2n) is 4.62. The van der Waals surface area contributed by atoms with E-state index in [2.05, 4.69) is 30.2 Å². The highest BCUT2D eigenvalue weighted by molar-refractivity contribution is 7.12. The van der Waals surface area contributed by atoms with Crippen molar-refractivity contribution in [1.82, 2.24) is 10.3 Å². The van der Waals surface area contributed by atoms with Crippen molar-refractivity contribution in [3.63, 3.8) is 0 Å². The van der Waals surface area contributed by atoms with Crippen LogP contribution in [0.5, 0.6) is 0 Å². The first kappa shape index (κ1) is 15.2. The third-order valence-corrected chi connectivity index (χ3v) is 4.75. The quantitative estimate of drug-likeness (QED) is 0.920. The van der Waals surface area contributed by atoms with Gasteiger partial charge < -0.3 is 10.1 Å². The van der Waals surface area contributed by atoms with Gasteiger partial charge in [0, 0.05) is 22.2 Å². The maximum Gasteiger partial charge on any atom is 0.271 e. The molecule has 1 amide bonds. The average molecular weight is 310 g/mol. The molecule has 0 bridgehead atoms. The summed E-state index contributed by atoms with van der Waals surface area (Å²) in [5.74, 6) is -0.139. The third kappa shape index (κ3) is 3.45. The number of ether oxygens (including phenoxy) is 1. The summed E-state index contributed by atoms with van der Waals surface area (Å²) in [4.78, 5) is 18.9. The van der Waals surface area contributed by atoms with Crippen LogP contribution in [0, 0.1) is 13.8 Å². The molecule has 2 aromatic rings. The molecule has 0 aliphatic rings. The SMILES string of the molecule is COCc1nc(C(=O)NC(C)c2cc(C)sc2C)cs1. The minimum Gasteiger partial charge on any atom is -0.378 e. The van der Waals surface area contributed by atoms with Crippen molar-refractivity contribution in [3.05, 3.63) is 37.5 Å². The van der Waals surface area contributed by atoms with Gasteiger partial charge in [-0.2, -0.15) is 0 Å². The Morgan fingerprint density at radius 2 is 2.25 bits per heavy atom. The van der Waals surface area contributed by atoms with E-state index in [-0.39, 0.29) is 11.9 Å². The van der Waals surface area contributed by atoms with E-state index in [0.717, 1.165) is 5.01 Å². The highest BCUT2D eigenvalue weighted by atomic mass is 32.1. The fraction of sp³-hybridized carbons (Fsp3) is 0.429. The Hall–Kier alpha value is -1.24. The number of thiazole rings is 1. The number of amides is 1. The molecule has 0 radical (unpaired) electrons. The number of aromatic nitrogens is 1. The molecule has 2 rings (SSSR count). The zero-order valence-corrected chi connectivity index (χ0v) is 13.7. The van der Waals surface area contributed by atoms with E-state index >= 15 is 0 Å². The molecule has 0 aliphatic heterocycles. The van der Waals surface area contributed by atoms with Crippen molar-refractivity contribution < 1.29 is 9.53 Å². The van der Waals surface area contributed by atoms with E-state index in [1.54, 1.807) is 23.8 Å². The second-order valence-corrected chi connectivity index (χ2v) is 7.03. The minimum absolute atomic E-state index is 0.0139. The van der Waals surface area contributed by atoms with Crippen LogP contribution in [0.3, 0.4) is 0 Å². The number of hydrogen-bond donors (Lipinski definition) is 1. The van der Waals surface area contributed by atoms with Gasteiger partial charge in [-0.1, -0.05) is 0 Å². The summed E-state index contributed by atoms with van der Waals surface area (Å²) in [6.07, 6.45) is 0. The third-order valence-electron chi connectivity index (χ3n) is 2.95. The lowest BCUT2D eigenvalue weighted by molar-refractivity contribution is 0.0935. The number of thiophene rings is 1. The first-order chi connectivity index (χ1) is 9.51. The lowest BCUT2D eigenvalue weighted by atomic mass is 10.1. The standard InChI is InChI=1S/C14H18N2O2S2/c1-8-5-11(10(3)20-8)9(2)15-14(17)12-7-19-13(16-12)6-18-4/h5,7,9H,6H2,1-4H3,(H,15,17).